The van der Waals surface area contributed by atoms with Gasteiger partial charge in [-0.3, -0.25) is 5.43 Å². The molecule has 0 saturated carbocycles. The normalized spacial score (nSPS) is 10.3. The van der Waals surface area contributed by atoms with E-state index in [2.05, 4.69) is 38.7 Å². The van der Waals surface area contributed by atoms with Crippen molar-refractivity contribution in [3.8, 4) is 5.75 Å². The maximum Gasteiger partial charge on any atom is 0.184 e. The molecule has 0 fully saturated rings. The van der Waals surface area contributed by atoms with Gasteiger partial charge in [-0.15, -0.1) is 0 Å². The van der Waals surface area contributed by atoms with Gasteiger partial charge in [-0.1, -0.05) is 15.9 Å². The lowest BCUT2D eigenvalue weighted by Gasteiger charge is -2.04. The van der Waals surface area contributed by atoms with Crippen molar-refractivity contribution in [2.45, 2.75) is 0 Å². The summed E-state index contributed by atoms with van der Waals surface area (Å²) in [5.74, 6) is 0.728. The lowest BCUT2D eigenvalue weighted by Crippen LogP contribution is -2.24. The number of thiocarbonyl (C=S) groups is 1. The van der Waals surface area contributed by atoms with E-state index >= 15 is 0 Å². The zero-order valence-corrected chi connectivity index (χ0v) is 10.4. The molecule has 4 nitrogen and oxygen atoms in total. The molecule has 1 aromatic carbocycles. The van der Waals surface area contributed by atoms with Crippen LogP contribution in [-0.4, -0.2) is 18.4 Å². The second-order valence-electron chi connectivity index (χ2n) is 2.62. The summed E-state index contributed by atoms with van der Waals surface area (Å²) in [4.78, 5) is 0. The van der Waals surface area contributed by atoms with Crippen LogP contribution in [0.15, 0.2) is 27.8 Å². The first-order chi connectivity index (χ1) is 7.13. The minimum absolute atomic E-state index is 0.125. The number of nitrogens with zero attached hydrogens (tertiary/aromatic N) is 1. The first kappa shape index (κ1) is 11.9. The molecule has 1 aromatic rings. The molecule has 80 valence electrons. The summed E-state index contributed by atoms with van der Waals surface area (Å²) >= 11 is 7.97. The van der Waals surface area contributed by atoms with E-state index < -0.39 is 0 Å². The third-order valence-electron chi connectivity index (χ3n) is 1.57. The number of ether oxygens (including phenoxy) is 1. The van der Waals surface area contributed by atoms with Gasteiger partial charge in [0.05, 0.1) is 13.3 Å². The molecule has 0 aliphatic carbocycles. The standard InChI is InChI=1S/C9H10BrN3OS/c1-14-8-3-2-7(10)4-6(8)5-12-13-9(11)15/h2-5H,1H3,(H3,11,13,15)/b12-5+. The second kappa shape index (κ2) is 5.67. The number of halogens is 1. The van der Waals surface area contributed by atoms with E-state index in [1.165, 1.54) is 0 Å². The maximum absolute atomic E-state index is 5.22. The SMILES string of the molecule is COc1ccc(Br)cc1/C=N/NC(N)=S. The molecule has 0 spiro atoms. The quantitative estimate of drug-likeness (QED) is 0.504. The summed E-state index contributed by atoms with van der Waals surface area (Å²) in [5.41, 5.74) is 8.52. The molecule has 0 saturated heterocycles. The van der Waals surface area contributed by atoms with Crippen molar-refractivity contribution < 1.29 is 4.74 Å². The van der Waals surface area contributed by atoms with E-state index in [-0.39, 0.29) is 5.11 Å². The molecule has 0 unspecified atom stereocenters. The highest BCUT2D eigenvalue weighted by Gasteiger charge is 2.00. The molecule has 0 atom stereocenters. The first-order valence-electron chi connectivity index (χ1n) is 4.05. The van der Waals surface area contributed by atoms with E-state index in [0.29, 0.717) is 0 Å². The van der Waals surface area contributed by atoms with Crippen LogP contribution in [-0.2, 0) is 0 Å². The molecule has 0 amide bonds. The molecule has 3 N–H and O–H groups in total. The Bertz CT molecular complexity index is 395. The molecule has 0 aromatic heterocycles. The summed E-state index contributed by atoms with van der Waals surface area (Å²) in [6.45, 7) is 0. The van der Waals surface area contributed by atoms with Gasteiger partial charge in [0.1, 0.15) is 5.75 Å². The highest BCUT2D eigenvalue weighted by molar-refractivity contribution is 9.10. The predicted octanol–water partition coefficient (Wildman–Crippen LogP) is 1.62. The van der Waals surface area contributed by atoms with E-state index in [1.54, 1.807) is 13.3 Å². The van der Waals surface area contributed by atoms with Gasteiger partial charge in [0.15, 0.2) is 5.11 Å². The predicted molar refractivity (Wildman–Crippen MR) is 68.2 cm³/mol. The first-order valence-corrected chi connectivity index (χ1v) is 5.25. The van der Waals surface area contributed by atoms with Crippen molar-refractivity contribution in [3.63, 3.8) is 0 Å². The smallest absolute Gasteiger partial charge is 0.184 e. The molecule has 15 heavy (non-hydrogen) atoms. The van der Waals surface area contributed by atoms with Crippen LogP contribution >= 0.6 is 28.1 Å². The van der Waals surface area contributed by atoms with Gasteiger partial charge in [0, 0.05) is 10.0 Å². The fourth-order valence-corrected chi connectivity index (χ4v) is 1.40. The van der Waals surface area contributed by atoms with Crippen LogP contribution in [0, 0.1) is 0 Å². The van der Waals surface area contributed by atoms with E-state index in [9.17, 15) is 0 Å². The monoisotopic (exact) mass is 287 g/mol. The Labute approximate surface area is 102 Å². The fraction of sp³-hybridized carbons (Fsp3) is 0.111. The Morgan fingerprint density at radius 1 is 1.67 bits per heavy atom. The van der Waals surface area contributed by atoms with Gasteiger partial charge in [0.25, 0.3) is 0 Å². The van der Waals surface area contributed by atoms with E-state index in [4.69, 9.17) is 10.5 Å². The van der Waals surface area contributed by atoms with Crippen molar-refractivity contribution in [1.82, 2.24) is 5.43 Å². The number of hydrogen-bond donors (Lipinski definition) is 2. The lowest BCUT2D eigenvalue weighted by atomic mass is 10.2. The highest BCUT2D eigenvalue weighted by Crippen LogP contribution is 2.21. The van der Waals surface area contributed by atoms with Crippen LogP contribution in [0.4, 0.5) is 0 Å². The van der Waals surface area contributed by atoms with Crippen LogP contribution in [0.1, 0.15) is 5.56 Å². The Balaban J connectivity index is 2.87. The summed E-state index contributed by atoms with van der Waals surface area (Å²) in [6.07, 6.45) is 1.59. The largest absolute Gasteiger partial charge is 0.496 e. The van der Waals surface area contributed by atoms with E-state index in [0.717, 1.165) is 15.8 Å². The number of hydrogen-bond acceptors (Lipinski definition) is 3. The average molecular weight is 288 g/mol. The Kier molecular flexibility index (Phi) is 4.51. The second-order valence-corrected chi connectivity index (χ2v) is 3.98. The van der Waals surface area contributed by atoms with Crippen molar-refractivity contribution in [2.75, 3.05) is 7.11 Å². The fourth-order valence-electron chi connectivity index (χ4n) is 0.972. The minimum Gasteiger partial charge on any atom is -0.496 e. The topological polar surface area (TPSA) is 59.6 Å². The maximum atomic E-state index is 5.22. The van der Waals surface area contributed by atoms with Crippen LogP contribution < -0.4 is 15.9 Å². The summed E-state index contributed by atoms with van der Waals surface area (Å²) in [7, 11) is 1.60. The number of benzene rings is 1. The van der Waals surface area contributed by atoms with Crippen molar-refractivity contribution in [2.24, 2.45) is 10.8 Å². The van der Waals surface area contributed by atoms with Crippen molar-refractivity contribution in [3.05, 3.63) is 28.2 Å². The number of methoxy groups -OCH3 is 1. The van der Waals surface area contributed by atoms with E-state index in [1.807, 2.05) is 18.2 Å². The number of nitrogens with one attached hydrogen (secondary N) is 1. The van der Waals surface area contributed by atoms with Crippen LogP contribution in [0.25, 0.3) is 0 Å². The molecule has 0 aliphatic heterocycles. The van der Waals surface area contributed by atoms with Gasteiger partial charge >= 0.3 is 0 Å². The Morgan fingerprint density at radius 3 is 3.00 bits per heavy atom. The van der Waals surface area contributed by atoms with Crippen LogP contribution in [0.3, 0.4) is 0 Å². The van der Waals surface area contributed by atoms with Crippen LogP contribution in [0.2, 0.25) is 0 Å². The molecule has 1 rings (SSSR count). The molecule has 0 radical (unpaired) electrons. The molecule has 0 heterocycles. The zero-order valence-electron chi connectivity index (χ0n) is 8.03. The molecule has 0 bridgehead atoms. The minimum atomic E-state index is 0.125. The van der Waals surface area contributed by atoms with Gasteiger partial charge in [-0.05, 0) is 30.4 Å². The molecular weight excluding hydrogens is 278 g/mol. The molecule has 6 heteroatoms. The highest BCUT2D eigenvalue weighted by atomic mass is 79.9. The zero-order chi connectivity index (χ0) is 11.3. The summed E-state index contributed by atoms with van der Waals surface area (Å²) in [5, 5.41) is 3.97. The number of nitrogens with two attached hydrogens (primary N) is 1. The Morgan fingerprint density at radius 2 is 2.40 bits per heavy atom. The van der Waals surface area contributed by atoms with Gasteiger partial charge < -0.3 is 10.5 Å². The van der Waals surface area contributed by atoms with Gasteiger partial charge in [-0.2, -0.15) is 5.10 Å². The van der Waals surface area contributed by atoms with Crippen LogP contribution in [0.5, 0.6) is 5.75 Å². The lowest BCUT2D eigenvalue weighted by molar-refractivity contribution is 0.414. The van der Waals surface area contributed by atoms with Crippen molar-refractivity contribution >= 4 is 39.5 Å². The van der Waals surface area contributed by atoms with Crippen molar-refractivity contribution in [1.29, 1.82) is 0 Å². The number of rotatable bonds is 3. The third kappa shape index (κ3) is 3.85. The Hall–Kier alpha value is -1.14. The average Bonchev–Trinajstić information content (AvgIpc) is 2.17. The van der Waals surface area contributed by atoms with Gasteiger partial charge in [-0.25, -0.2) is 0 Å². The number of hydrazone groups is 1. The molecule has 0 aliphatic rings. The molecular formula is C9H10BrN3OS. The van der Waals surface area contributed by atoms with Gasteiger partial charge in [0.2, 0.25) is 0 Å². The third-order valence-corrected chi connectivity index (χ3v) is 2.15. The summed E-state index contributed by atoms with van der Waals surface area (Å²) < 4.78 is 6.10. The summed E-state index contributed by atoms with van der Waals surface area (Å²) in [6, 6.07) is 5.60.